The maximum absolute atomic E-state index is 12.4. The standard InChI is InChI=1S/C20H18N2O5S/c1-24-15-7-4-8-17-18(15)21-20(28-17)22-9-12(10-22)26-19(23)16-11-25-13-5-2-3-6-14(13)27-16/h2-8,12,16H,9-11H2,1H3. The summed E-state index contributed by atoms with van der Waals surface area (Å²) in [6, 6.07) is 13.2. The molecule has 0 spiro atoms. The first-order chi connectivity index (χ1) is 13.7. The second-order valence-corrected chi connectivity index (χ2v) is 7.64. The first-order valence-electron chi connectivity index (χ1n) is 8.99. The van der Waals surface area contributed by atoms with Crippen LogP contribution in [-0.4, -0.2) is 50.0 Å². The van der Waals surface area contributed by atoms with E-state index in [0.29, 0.717) is 24.6 Å². The fourth-order valence-corrected chi connectivity index (χ4v) is 4.26. The molecule has 2 aliphatic heterocycles. The number of fused-ring (bicyclic) bond motifs is 2. The number of aromatic nitrogens is 1. The van der Waals surface area contributed by atoms with Crippen LogP contribution in [-0.2, 0) is 9.53 Å². The van der Waals surface area contributed by atoms with Gasteiger partial charge >= 0.3 is 5.97 Å². The van der Waals surface area contributed by atoms with Crippen LogP contribution in [0.2, 0.25) is 0 Å². The smallest absolute Gasteiger partial charge is 0.351 e. The molecule has 1 fully saturated rings. The number of carbonyl (C=O) groups is 1. The van der Waals surface area contributed by atoms with E-state index in [1.807, 2.05) is 36.4 Å². The van der Waals surface area contributed by atoms with Crippen molar-refractivity contribution < 1.29 is 23.7 Å². The van der Waals surface area contributed by atoms with E-state index in [1.54, 1.807) is 24.5 Å². The second kappa shape index (κ2) is 6.87. The number of carbonyl (C=O) groups excluding carboxylic acids is 1. The molecule has 3 heterocycles. The molecule has 2 aliphatic rings. The molecule has 0 N–H and O–H groups in total. The van der Waals surface area contributed by atoms with E-state index < -0.39 is 12.1 Å². The molecule has 2 aromatic carbocycles. The van der Waals surface area contributed by atoms with Gasteiger partial charge in [0.15, 0.2) is 16.6 Å². The number of ether oxygens (including phenoxy) is 4. The predicted molar refractivity (Wildman–Crippen MR) is 105 cm³/mol. The Hall–Kier alpha value is -3.00. The molecule has 0 aliphatic carbocycles. The lowest BCUT2D eigenvalue weighted by Gasteiger charge is -2.38. The largest absolute Gasteiger partial charge is 0.494 e. The normalized spacial score (nSPS) is 18.6. The Balaban J connectivity index is 1.19. The molecular formula is C20H18N2O5S. The van der Waals surface area contributed by atoms with Crippen LogP contribution in [0.3, 0.4) is 0 Å². The highest BCUT2D eigenvalue weighted by molar-refractivity contribution is 7.22. The number of methoxy groups -OCH3 is 1. The van der Waals surface area contributed by atoms with Gasteiger partial charge in [0.25, 0.3) is 0 Å². The number of nitrogens with zero attached hydrogens (tertiary/aromatic N) is 2. The summed E-state index contributed by atoms with van der Waals surface area (Å²) in [5.74, 6) is 1.57. The third kappa shape index (κ3) is 2.99. The highest BCUT2D eigenvalue weighted by Crippen LogP contribution is 2.36. The van der Waals surface area contributed by atoms with E-state index in [2.05, 4.69) is 9.88 Å². The van der Waals surface area contributed by atoms with Crippen molar-refractivity contribution in [1.82, 2.24) is 4.98 Å². The van der Waals surface area contributed by atoms with E-state index in [-0.39, 0.29) is 12.7 Å². The van der Waals surface area contributed by atoms with Crippen molar-refractivity contribution in [2.45, 2.75) is 12.2 Å². The highest BCUT2D eigenvalue weighted by atomic mass is 32.1. The SMILES string of the molecule is COc1cccc2sc(N3CC(OC(=O)C4COc5ccccc5O4)C3)nc12. The van der Waals surface area contributed by atoms with Crippen LogP contribution in [0.4, 0.5) is 5.13 Å². The fourth-order valence-electron chi connectivity index (χ4n) is 3.26. The fraction of sp³-hybridized carbons (Fsp3) is 0.300. The zero-order chi connectivity index (χ0) is 19.1. The van der Waals surface area contributed by atoms with E-state index in [1.165, 1.54) is 0 Å². The third-order valence-electron chi connectivity index (χ3n) is 4.76. The number of hydrogen-bond donors (Lipinski definition) is 0. The number of para-hydroxylation sites is 3. The Morgan fingerprint density at radius 1 is 1.18 bits per heavy atom. The van der Waals surface area contributed by atoms with Crippen molar-refractivity contribution in [2.75, 3.05) is 31.7 Å². The highest BCUT2D eigenvalue weighted by Gasteiger charge is 2.36. The van der Waals surface area contributed by atoms with Crippen molar-refractivity contribution in [1.29, 1.82) is 0 Å². The molecule has 1 aromatic heterocycles. The van der Waals surface area contributed by atoms with Gasteiger partial charge in [-0.2, -0.15) is 0 Å². The quantitative estimate of drug-likeness (QED) is 0.626. The van der Waals surface area contributed by atoms with Gasteiger partial charge in [0.1, 0.15) is 24.0 Å². The summed E-state index contributed by atoms with van der Waals surface area (Å²) in [5.41, 5.74) is 0.858. The Morgan fingerprint density at radius 2 is 2.00 bits per heavy atom. The first-order valence-corrected chi connectivity index (χ1v) is 9.80. The molecule has 0 bridgehead atoms. The Labute approximate surface area is 165 Å². The molecule has 3 aromatic rings. The minimum Gasteiger partial charge on any atom is -0.494 e. The van der Waals surface area contributed by atoms with Crippen molar-refractivity contribution in [2.24, 2.45) is 0 Å². The van der Waals surface area contributed by atoms with E-state index in [9.17, 15) is 4.79 Å². The summed E-state index contributed by atoms with van der Waals surface area (Å²) in [6.45, 7) is 1.38. The van der Waals surface area contributed by atoms with E-state index >= 15 is 0 Å². The number of thiazole rings is 1. The molecule has 0 amide bonds. The summed E-state index contributed by atoms with van der Waals surface area (Å²) in [5, 5.41) is 0.901. The number of anilines is 1. The molecule has 1 saturated heterocycles. The van der Waals surface area contributed by atoms with Gasteiger partial charge in [-0.1, -0.05) is 29.5 Å². The number of esters is 1. The summed E-state index contributed by atoms with van der Waals surface area (Å²) in [7, 11) is 1.64. The molecule has 0 radical (unpaired) electrons. The molecule has 5 rings (SSSR count). The van der Waals surface area contributed by atoms with Crippen LogP contribution in [0, 0.1) is 0 Å². The van der Waals surface area contributed by atoms with Gasteiger partial charge in [0.2, 0.25) is 6.10 Å². The van der Waals surface area contributed by atoms with Gasteiger partial charge in [-0.3, -0.25) is 0 Å². The molecule has 144 valence electrons. The van der Waals surface area contributed by atoms with Gasteiger partial charge in [0, 0.05) is 0 Å². The molecular weight excluding hydrogens is 380 g/mol. The zero-order valence-corrected chi connectivity index (χ0v) is 16.0. The van der Waals surface area contributed by atoms with Gasteiger partial charge in [-0.15, -0.1) is 0 Å². The molecule has 1 unspecified atom stereocenters. The van der Waals surface area contributed by atoms with Crippen molar-refractivity contribution in [3.05, 3.63) is 42.5 Å². The van der Waals surface area contributed by atoms with Crippen molar-refractivity contribution in [3.63, 3.8) is 0 Å². The molecule has 8 heteroatoms. The van der Waals surface area contributed by atoms with Gasteiger partial charge in [-0.05, 0) is 24.3 Å². The lowest BCUT2D eigenvalue weighted by atomic mass is 10.2. The van der Waals surface area contributed by atoms with Crippen LogP contribution >= 0.6 is 11.3 Å². The maximum Gasteiger partial charge on any atom is 0.351 e. The topological polar surface area (TPSA) is 70.1 Å². The van der Waals surface area contributed by atoms with Crippen LogP contribution in [0.5, 0.6) is 17.2 Å². The second-order valence-electron chi connectivity index (χ2n) is 6.63. The minimum absolute atomic E-state index is 0.157. The molecule has 28 heavy (non-hydrogen) atoms. The number of hydrogen-bond acceptors (Lipinski definition) is 8. The average Bonchev–Trinajstić information content (AvgIpc) is 3.13. The van der Waals surface area contributed by atoms with E-state index in [4.69, 9.17) is 18.9 Å². The van der Waals surface area contributed by atoms with Gasteiger partial charge < -0.3 is 23.8 Å². The number of rotatable bonds is 4. The third-order valence-corrected chi connectivity index (χ3v) is 5.84. The lowest BCUT2D eigenvalue weighted by Crippen LogP contribution is -2.54. The summed E-state index contributed by atoms with van der Waals surface area (Å²) in [4.78, 5) is 19.2. The van der Waals surface area contributed by atoms with Crippen LogP contribution < -0.4 is 19.1 Å². The Kier molecular flexibility index (Phi) is 4.20. The van der Waals surface area contributed by atoms with Gasteiger partial charge in [0.05, 0.1) is 24.9 Å². The van der Waals surface area contributed by atoms with Crippen LogP contribution in [0.1, 0.15) is 0 Å². The van der Waals surface area contributed by atoms with Gasteiger partial charge in [-0.25, -0.2) is 9.78 Å². The Morgan fingerprint density at radius 3 is 2.82 bits per heavy atom. The average molecular weight is 398 g/mol. The minimum atomic E-state index is -0.740. The van der Waals surface area contributed by atoms with Crippen molar-refractivity contribution in [3.8, 4) is 17.2 Å². The summed E-state index contributed by atoms with van der Waals surface area (Å²) >= 11 is 1.60. The number of benzene rings is 2. The van der Waals surface area contributed by atoms with Crippen LogP contribution in [0.25, 0.3) is 10.2 Å². The molecule has 7 nitrogen and oxygen atoms in total. The van der Waals surface area contributed by atoms with E-state index in [0.717, 1.165) is 21.1 Å². The van der Waals surface area contributed by atoms with Crippen molar-refractivity contribution >= 4 is 32.7 Å². The molecule has 0 saturated carbocycles. The maximum atomic E-state index is 12.4. The van der Waals surface area contributed by atoms with Crippen LogP contribution in [0.15, 0.2) is 42.5 Å². The Bertz CT molecular complexity index is 1030. The lowest BCUT2D eigenvalue weighted by molar-refractivity contribution is -0.161. The monoisotopic (exact) mass is 398 g/mol. The zero-order valence-electron chi connectivity index (χ0n) is 15.2. The predicted octanol–water partition coefficient (Wildman–Crippen LogP) is 2.88. The first kappa shape index (κ1) is 17.1. The summed E-state index contributed by atoms with van der Waals surface area (Å²) < 4.78 is 23.3. The summed E-state index contributed by atoms with van der Waals surface area (Å²) in [6.07, 6.45) is -0.919. The molecule has 1 atom stereocenters.